The van der Waals surface area contributed by atoms with Crippen molar-refractivity contribution in [1.29, 1.82) is 5.26 Å². The molecular formula is C24H33NO5S2. The number of rotatable bonds is 16. The summed E-state index contributed by atoms with van der Waals surface area (Å²) in [7, 11) is 0. The molecule has 0 radical (unpaired) electrons. The SMILES string of the molecule is CC(C)(C#N)SC(=S)c1ccc(OCCCCCCCCCOC(=O)CCC(=O)O)cc1. The van der Waals surface area contributed by atoms with Gasteiger partial charge in [0, 0.05) is 0 Å². The summed E-state index contributed by atoms with van der Waals surface area (Å²) in [5.41, 5.74) is 0.927. The molecule has 0 fully saturated rings. The molecule has 1 N–H and O–H groups in total. The largest absolute Gasteiger partial charge is 0.494 e. The van der Waals surface area contributed by atoms with Gasteiger partial charge in [0.05, 0.1) is 36.3 Å². The van der Waals surface area contributed by atoms with Crippen molar-refractivity contribution in [3.8, 4) is 11.8 Å². The molecule has 1 aromatic rings. The summed E-state index contributed by atoms with van der Waals surface area (Å²) >= 11 is 6.81. The van der Waals surface area contributed by atoms with Crippen molar-refractivity contribution in [3.05, 3.63) is 29.8 Å². The molecule has 1 aromatic carbocycles. The van der Waals surface area contributed by atoms with Crippen LogP contribution in [-0.2, 0) is 14.3 Å². The van der Waals surface area contributed by atoms with Gasteiger partial charge in [0.25, 0.3) is 0 Å². The summed E-state index contributed by atoms with van der Waals surface area (Å²) in [5.74, 6) is -0.605. The number of carboxylic acids is 1. The third kappa shape index (κ3) is 13.3. The Hall–Kier alpha value is -2.11. The smallest absolute Gasteiger partial charge is 0.306 e. The van der Waals surface area contributed by atoms with Crippen LogP contribution in [0.2, 0.25) is 0 Å². The number of benzene rings is 1. The number of unbranched alkanes of at least 4 members (excludes halogenated alkanes) is 6. The Morgan fingerprint density at radius 3 is 2.12 bits per heavy atom. The Bertz CT molecular complexity index is 772. The van der Waals surface area contributed by atoms with Crippen LogP contribution in [0.4, 0.5) is 0 Å². The van der Waals surface area contributed by atoms with Gasteiger partial charge in [-0.25, -0.2) is 0 Å². The number of nitriles is 1. The fraction of sp³-hybridized carbons (Fsp3) is 0.583. The van der Waals surface area contributed by atoms with Gasteiger partial charge in [0.2, 0.25) is 0 Å². The lowest BCUT2D eigenvalue weighted by molar-refractivity contribution is -0.147. The minimum absolute atomic E-state index is 0.0608. The van der Waals surface area contributed by atoms with E-state index in [4.69, 9.17) is 32.1 Å². The van der Waals surface area contributed by atoms with Gasteiger partial charge >= 0.3 is 11.9 Å². The minimum atomic E-state index is -0.985. The van der Waals surface area contributed by atoms with Crippen LogP contribution in [0.15, 0.2) is 24.3 Å². The second-order valence-electron chi connectivity index (χ2n) is 7.97. The van der Waals surface area contributed by atoms with E-state index in [1.165, 1.54) is 11.8 Å². The first-order valence-corrected chi connectivity index (χ1v) is 12.2. The number of carboxylic acid groups (broad SMARTS) is 1. The molecule has 0 aliphatic carbocycles. The van der Waals surface area contributed by atoms with E-state index in [9.17, 15) is 9.59 Å². The lowest BCUT2D eigenvalue weighted by Gasteiger charge is -2.15. The van der Waals surface area contributed by atoms with Crippen LogP contribution in [0.1, 0.15) is 77.2 Å². The van der Waals surface area contributed by atoms with Crippen LogP contribution in [-0.4, -0.2) is 39.2 Å². The van der Waals surface area contributed by atoms with Crippen LogP contribution in [0.3, 0.4) is 0 Å². The molecule has 0 saturated heterocycles. The molecule has 176 valence electrons. The fourth-order valence-corrected chi connectivity index (χ4v) is 4.27. The highest BCUT2D eigenvalue weighted by Gasteiger charge is 2.20. The van der Waals surface area contributed by atoms with Crippen molar-refractivity contribution in [2.75, 3.05) is 13.2 Å². The molecule has 1 rings (SSSR count). The maximum atomic E-state index is 11.3. The van der Waals surface area contributed by atoms with Gasteiger partial charge in [-0.1, -0.05) is 56.1 Å². The molecule has 0 unspecified atom stereocenters. The highest BCUT2D eigenvalue weighted by Crippen LogP contribution is 2.28. The Morgan fingerprint density at radius 2 is 1.56 bits per heavy atom. The third-order valence-electron chi connectivity index (χ3n) is 4.57. The van der Waals surface area contributed by atoms with E-state index < -0.39 is 16.7 Å². The van der Waals surface area contributed by atoms with Gasteiger partial charge in [-0.15, -0.1) is 0 Å². The van der Waals surface area contributed by atoms with Gasteiger partial charge in [0.1, 0.15) is 10.5 Å². The first-order valence-electron chi connectivity index (χ1n) is 11.0. The average Bonchev–Trinajstić information content (AvgIpc) is 2.76. The molecule has 0 amide bonds. The summed E-state index contributed by atoms with van der Waals surface area (Å²) in [4.78, 5) is 21.6. The Morgan fingerprint density at radius 1 is 1.00 bits per heavy atom. The van der Waals surface area contributed by atoms with Crippen LogP contribution >= 0.6 is 24.0 Å². The van der Waals surface area contributed by atoms with E-state index in [1.807, 2.05) is 38.1 Å². The number of thioether (sulfide) groups is 1. The van der Waals surface area contributed by atoms with Gasteiger partial charge < -0.3 is 14.6 Å². The number of ether oxygens (including phenoxy) is 2. The number of esters is 1. The minimum Gasteiger partial charge on any atom is -0.494 e. The first-order chi connectivity index (χ1) is 15.2. The zero-order valence-corrected chi connectivity index (χ0v) is 20.6. The van der Waals surface area contributed by atoms with Crippen molar-refractivity contribution >= 4 is 40.1 Å². The van der Waals surface area contributed by atoms with Crippen molar-refractivity contribution in [3.63, 3.8) is 0 Å². The molecule has 0 aliphatic rings. The second kappa shape index (κ2) is 15.7. The van der Waals surface area contributed by atoms with E-state index >= 15 is 0 Å². The van der Waals surface area contributed by atoms with Crippen LogP contribution in [0.5, 0.6) is 5.75 Å². The van der Waals surface area contributed by atoms with Crippen molar-refractivity contribution in [1.82, 2.24) is 0 Å². The van der Waals surface area contributed by atoms with E-state index in [-0.39, 0.29) is 12.8 Å². The topological polar surface area (TPSA) is 96.6 Å². The molecule has 0 bridgehead atoms. The quantitative estimate of drug-likeness (QED) is 0.177. The number of nitrogens with zero attached hydrogens (tertiary/aromatic N) is 1. The predicted molar refractivity (Wildman–Crippen MR) is 131 cm³/mol. The van der Waals surface area contributed by atoms with E-state index in [2.05, 4.69) is 6.07 Å². The number of thiocarbonyl (C=S) groups is 1. The molecule has 8 heteroatoms. The maximum absolute atomic E-state index is 11.3. The molecule has 0 saturated carbocycles. The summed E-state index contributed by atoms with van der Waals surface area (Å²) in [6, 6.07) is 9.93. The fourth-order valence-electron chi connectivity index (χ4n) is 2.75. The van der Waals surface area contributed by atoms with Crippen LogP contribution in [0.25, 0.3) is 0 Å². The Labute approximate surface area is 200 Å². The number of carbonyl (C=O) groups excluding carboxylic acids is 1. The number of hydrogen-bond donors (Lipinski definition) is 1. The Kier molecular flexibility index (Phi) is 13.7. The lowest BCUT2D eigenvalue weighted by Crippen LogP contribution is -2.14. The highest BCUT2D eigenvalue weighted by atomic mass is 32.2. The molecule has 32 heavy (non-hydrogen) atoms. The van der Waals surface area contributed by atoms with E-state index in [0.29, 0.717) is 17.4 Å². The predicted octanol–water partition coefficient (Wildman–Crippen LogP) is 5.91. The summed E-state index contributed by atoms with van der Waals surface area (Å²) in [5, 5.41) is 17.6. The van der Waals surface area contributed by atoms with Gasteiger partial charge in [-0.2, -0.15) is 5.26 Å². The van der Waals surface area contributed by atoms with Gasteiger partial charge in [0.15, 0.2) is 0 Å². The van der Waals surface area contributed by atoms with E-state index in [0.717, 1.165) is 56.3 Å². The summed E-state index contributed by atoms with van der Waals surface area (Å²) in [6.45, 7) is 4.74. The maximum Gasteiger partial charge on any atom is 0.306 e. The lowest BCUT2D eigenvalue weighted by atomic mass is 10.1. The molecule has 0 spiro atoms. The molecule has 0 aromatic heterocycles. The van der Waals surface area contributed by atoms with Crippen LogP contribution in [0, 0.1) is 11.3 Å². The molecular weight excluding hydrogens is 446 g/mol. The molecule has 6 nitrogen and oxygen atoms in total. The van der Waals surface area contributed by atoms with Crippen molar-refractivity contribution in [2.45, 2.75) is 76.4 Å². The summed E-state index contributed by atoms with van der Waals surface area (Å²) < 4.78 is 11.0. The zero-order valence-electron chi connectivity index (χ0n) is 18.9. The number of aliphatic carboxylic acids is 1. The van der Waals surface area contributed by atoms with E-state index in [1.54, 1.807) is 0 Å². The average molecular weight is 480 g/mol. The standard InChI is InChI=1S/C24H33NO5S2/c1-24(2,18-25)32-23(31)19-10-12-20(13-11-19)29-16-8-6-4-3-5-7-9-17-30-22(28)15-14-21(26)27/h10-13H,3-9,14-17H2,1-2H3,(H,26,27). The third-order valence-corrected chi connectivity index (χ3v) is 6.08. The Balaban J connectivity index is 2.03. The van der Waals surface area contributed by atoms with Crippen LogP contribution < -0.4 is 4.74 Å². The molecule has 0 atom stereocenters. The monoisotopic (exact) mass is 479 g/mol. The molecule has 0 heterocycles. The highest BCUT2D eigenvalue weighted by molar-refractivity contribution is 8.24. The first kappa shape index (κ1) is 27.9. The van der Waals surface area contributed by atoms with Crippen molar-refractivity contribution in [2.24, 2.45) is 0 Å². The van der Waals surface area contributed by atoms with Crippen molar-refractivity contribution < 1.29 is 24.2 Å². The summed E-state index contributed by atoms with van der Waals surface area (Å²) in [6.07, 6.45) is 7.04. The van der Waals surface area contributed by atoms with Gasteiger partial charge in [-0.3, -0.25) is 9.59 Å². The van der Waals surface area contributed by atoms with Gasteiger partial charge in [-0.05, 0) is 56.5 Å². The zero-order chi connectivity index (χ0) is 23.8. The second-order valence-corrected chi connectivity index (χ2v) is 10.3. The normalized spacial score (nSPS) is 10.9. The number of hydrogen-bond acceptors (Lipinski definition) is 7. The number of carbonyl (C=O) groups is 2. The molecule has 0 aliphatic heterocycles.